The summed E-state index contributed by atoms with van der Waals surface area (Å²) in [5, 5.41) is 10.6. The fourth-order valence-electron chi connectivity index (χ4n) is 3.34. The Hall–Kier alpha value is -2.18. The highest BCUT2D eigenvalue weighted by atomic mass is 16.2. The number of hydrogen-bond acceptors (Lipinski definition) is 4. The zero-order chi connectivity index (χ0) is 17.6. The molecule has 6 heteroatoms. The summed E-state index contributed by atoms with van der Waals surface area (Å²) in [6.07, 6.45) is 4.02. The van der Waals surface area contributed by atoms with Crippen LogP contribution in [0.2, 0.25) is 0 Å². The SMILES string of the molecule is CN(Cc1cn[nH]c1-c1ccccc1)C(=O)CN(C)C1CCNCC1. The van der Waals surface area contributed by atoms with Gasteiger partial charge in [-0.15, -0.1) is 0 Å². The third kappa shape index (κ3) is 4.46. The molecule has 1 aliphatic heterocycles. The summed E-state index contributed by atoms with van der Waals surface area (Å²) in [4.78, 5) is 16.6. The fraction of sp³-hybridized carbons (Fsp3) is 0.474. The molecule has 0 radical (unpaired) electrons. The van der Waals surface area contributed by atoms with Crippen molar-refractivity contribution in [3.8, 4) is 11.3 Å². The van der Waals surface area contributed by atoms with Gasteiger partial charge in [0.05, 0.1) is 18.4 Å². The normalized spacial score (nSPS) is 15.5. The number of nitrogens with one attached hydrogen (secondary N) is 2. The van der Waals surface area contributed by atoms with E-state index in [4.69, 9.17) is 0 Å². The molecule has 0 bridgehead atoms. The van der Waals surface area contributed by atoms with Crippen LogP contribution in [0, 0.1) is 0 Å². The largest absolute Gasteiger partial charge is 0.340 e. The van der Waals surface area contributed by atoms with Crippen molar-refractivity contribution in [1.82, 2.24) is 25.3 Å². The van der Waals surface area contributed by atoms with Gasteiger partial charge in [-0.3, -0.25) is 14.8 Å². The maximum Gasteiger partial charge on any atom is 0.236 e. The lowest BCUT2D eigenvalue weighted by atomic mass is 10.1. The van der Waals surface area contributed by atoms with Crippen LogP contribution in [0.25, 0.3) is 11.3 Å². The van der Waals surface area contributed by atoms with Gasteiger partial charge in [0, 0.05) is 25.2 Å². The number of H-pyrrole nitrogens is 1. The van der Waals surface area contributed by atoms with Crippen molar-refractivity contribution >= 4 is 5.91 Å². The standard InChI is InChI=1S/C19H27N5O/c1-23(17-8-10-20-11-9-17)14-18(25)24(2)13-16-12-21-22-19(16)15-6-4-3-5-7-15/h3-7,12,17,20H,8-11,13-14H2,1-2H3,(H,21,22). The van der Waals surface area contributed by atoms with Crippen LogP contribution in [-0.2, 0) is 11.3 Å². The van der Waals surface area contributed by atoms with E-state index in [2.05, 4.69) is 27.5 Å². The van der Waals surface area contributed by atoms with Crippen LogP contribution in [-0.4, -0.2) is 65.7 Å². The minimum atomic E-state index is 0.140. The molecule has 1 amide bonds. The third-order valence-electron chi connectivity index (χ3n) is 4.93. The van der Waals surface area contributed by atoms with E-state index in [1.165, 1.54) is 0 Å². The first-order valence-corrected chi connectivity index (χ1v) is 8.87. The average molecular weight is 341 g/mol. The molecule has 1 aromatic heterocycles. The smallest absolute Gasteiger partial charge is 0.236 e. The van der Waals surface area contributed by atoms with Gasteiger partial charge in [0.15, 0.2) is 0 Å². The number of aromatic amines is 1. The highest BCUT2D eigenvalue weighted by Crippen LogP contribution is 2.21. The van der Waals surface area contributed by atoms with Gasteiger partial charge in [-0.05, 0) is 38.5 Å². The minimum Gasteiger partial charge on any atom is -0.340 e. The fourth-order valence-corrected chi connectivity index (χ4v) is 3.34. The summed E-state index contributed by atoms with van der Waals surface area (Å²) in [6.45, 7) is 3.09. The summed E-state index contributed by atoms with van der Waals surface area (Å²) in [6, 6.07) is 10.6. The Balaban J connectivity index is 1.59. The topological polar surface area (TPSA) is 64.3 Å². The second-order valence-electron chi connectivity index (χ2n) is 6.78. The molecule has 134 valence electrons. The highest BCUT2D eigenvalue weighted by molar-refractivity contribution is 5.78. The Morgan fingerprint density at radius 1 is 1.20 bits per heavy atom. The van der Waals surface area contributed by atoms with Crippen molar-refractivity contribution < 1.29 is 4.79 Å². The summed E-state index contributed by atoms with van der Waals surface area (Å²) in [5.74, 6) is 0.140. The summed E-state index contributed by atoms with van der Waals surface area (Å²) in [7, 11) is 3.91. The van der Waals surface area contributed by atoms with Crippen molar-refractivity contribution in [3.63, 3.8) is 0 Å². The number of aromatic nitrogens is 2. The van der Waals surface area contributed by atoms with Crippen molar-refractivity contribution in [2.45, 2.75) is 25.4 Å². The average Bonchev–Trinajstić information content (AvgIpc) is 3.11. The molecule has 2 aromatic rings. The van der Waals surface area contributed by atoms with Crippen molar-refractivity contribution in [3.05, 3.63) is 42.1 Å². The predicted octanol–water partition coefficient (Wildman–Crippen LogP) is 1.72. The van der Waals surface area contributed by atoms with E-state index in [1.54, 1.807) is 4.90 Å². The quantitative estimate of drug-likeness (QED) is 0.840. The van der Waals surface area contributed by atoms with Crippen LogP contribution in [0.4, 0.5) is 0 Å². The Morgan fingerprint density at radius 2 is 1.92 bits per heavy atom. The number of benzene rings is 1. The Bertz CT molecular complexity index is 678. The molecule has 2 N–H and O–H groups in total. The molecule has 3 rings (SSSR count). The molecule has 1 aromatic carbocycles. The molecule has 0 saturated carbocycles. The Labute approximate surface area is 149 Å². The number of rotatable bonds is 6. The van der Waals surface area contributed by atoms with Crippen molar-refractivity contribution in [1.29, 1.82) is 0 Å². The number of carbonyl (C=O) groups excluding carboxylic acids is 1. The molecule has 1 aliphatic rings. The van der Waals surface area contributed by atoms with Crippen LogP contribution in [0.1, 0.15) is 18.4 Å². The number of amides is 1. The molecular weight excluding hydrogens is 314 g/mol. The molecule has 0 atom stereocenters. The van der Waals surface area contributed by atoms with E-state index in [-0.39, 0.29) is 5.91 Å². The third-order valence-corrected chi connectivity index (χ3v) is 4.93. The lowest BCUT2D eigenvalue weighted by molar-refractivity contribution is -0.132. The molecule has 25 heavy (non-hydrogen) atoms. The zero-order valence-electron chi connectivity index (χ0n) is 15.0. The summed E-state index contributed by atoms with van der Waals surface area (Å²) in [5.41, 5.74) is 3.10. The van der Waals surface area contributed by atoms with Gasteiger partial charge in [0.25, 0.3) is 0 Å². The number of piperidine rings is 1. The van der Waals surface area contributed by atoms with E-state index in [1.807, 2.05) is 43.6 Å². The zero-order valence-corrected chi connectivity index (χ0v) is 15.0. The lowest BCUT2D eigenvalue weighted by Crippen LogP contribution is -2.45. The lowest BCUT2D eigenvalue weighted by Gasteiger charge is -2.32. The second kappa shape index (κ2) is 8.27. The van der Waals surface area contributed by atoms with Gasteiger partial charge >= 0.3 is 0 Å². The first kappa shape index (κ1) is 17.6. The maximum absolute atomic E-state index is 12.6. The van der Waals surface area contributed by atoms with Crippen molar-refractivity contribution in [2.24, 2.45) is 0 Å². The van der Waals surface area contributed by atoms with Crippen LogP contribution < -0.4 is 5.32 Å². The first-order valence-electron chi connectivity index (χ1n) is 8.87. The number of likely N-dealkylation sites (N-methyl/N-ethyl adjacent to an activating group) is 2. The van der Waals surface area contributed by atoms with Crippen LogP contribution in [0.5, 0.6) is 0 Å². The first-order chi connectivity index (χ1) is 12.1. The van der Waals surface area contributed by atoms with E-state index < -0.39 is 0 Å². The van der Waals surface area contributed by atoms with Crippen LogP contribution in [0.15, 0.2) is 36.5 Å². The van der Waals surface area contributed by atoms with Gasteiger partial charge in [-0.2, -0.15) is 5.10 Å². The molecular formula is C19H27N5O. The maximum atomic E-state index is 12.6. The molecule has 6 nitrogen and oxygen atoms in total. The van der Waals surface area contributed by atoms with E-state index in [0.29, 0.717) is 19.1 Å². The van der Waals surface area contributed by atoms with Crippen LogP contribution in [0.3, 0.4) is 0 Å². The molecule has 1 fully saturated rings. The van der Waals surface area contributed by atoms with Crippen molar-refractivity contribution in [2.75, 3.05) is 33.7 Å². The Morgan fingerprint density at radius 3 is 2.64 bits per heavy atom. The van der Waals surface area contributed by atoms with Gasteiger partial charge in [0.2, 0.25) is 5.91 Å². The van der Waals surface area contributed by atoms with E-state index in [0.717, 1.165) is 42.8 Å². The molecule has 2 heterocycles. The van der Waals surface area contributed by atoms with Gasteiger partial charge in [-0.25, -0.2) is 0 Å². The number of hydrogen-bond donors (Lipinski definition) is 2. The number of nitrogens with zero attached hydrogens (tertiary/aromatic N) is 3. The van der Waals surface area contributed by atoms with E-state index >= 15 is 0 Å². The number of carbonyl (C=O) groups is 1. The van der Waals surface area contributed by atoms with Gasteiger partial charge < -0.3 is 10.2 Å². The minimum absolute atomic E-state index is 0.140. The second-order valence-corrected chi connectivity index (χ2v) is 6.78. The summed E-state index contributed by atoms with van der Waals surface area (Å²) >= 11 is 0. The van der Waals surface area contributed by atoms with E-state index in [9.17, 15) is 4.79 Å². The molecule has 0 spiro atoms. The van der Waals surface area contributed by atoms with Gasteiger partial charge in [-0.1, -0.05) is 30.3 Å². The predicted molar refractivity (Wildman–Crippen MR) is 99.0 cm³/mol. The van der Waals surface area contributed by atoms with Gasteiger partial charge in [0.1, 0.15) is 0 Å². The highest BCUT2D eigenvalue weighted by Gasteiger charge is 2.21. The molecule has 0 aliphatic carbocycles. The molecule has 1 saturated heterocycles. The van der Waals surface area contributed by atoms with Crippen LogP contribution >= 0.6 is 0 Å². The molecule has 0 unspecified atom stereocenters. The monoisotopic (exact) mass is 341 g/mol. The Kier molecular flexibility index (Phi) is 5.83. The summed E-state index contributed by atoms with van der Waals surface area (Å²) < 4.78 is 0.